The van der Waals surface area contributed by atoms with Crippen molar-refractivity contribution in [2.24, 2.45) is 0 Å². The molecule has 4 amide bonds. The van der Waals surface area contributed by atoms with Crippen LogP contribution in [0.4, 0.5) is 5.69 Å². The van der Waals surface area contributed by atoms with E-state index in [0.717, 1.165) is 0 Å². The van der Waals surface area contributed by atoms with Crippen molar-refractivity contribution in [3.8, 4) is 0 Å². The Kier molecular flexibility index (Phi) is 8.07. The number of hydrogen-bond donors (Lipinski definition) is 5. The number of benzene rings is 2. The Bertz CT molecular complexity index is 1420. The van der Waals surface area contributed by atoms with E-state index in [4.69, 9.17) is 0 Å². The van der Waals surface area contributed by atoms with Crippen LogP contribution in [0.5, 0.6) is 0 Å². The quantitative estimate of drug-likeness (QED) is 0.211. The number of carbonyl (C=O) groups excluding carboxylic acids is 5. The Morgan fingerprint density at radius 2 is 1.64 bits per heavy atom. The van der Waals surface area contributed by atoms with Gasteiger partial charge in [-0.1, -0.05) is 30.3 Å². The van der Waals surface area contributed by atoms with E-state index in [2.05, 4.69) is 15.6 Å². The van der Waals surface area contributed by atoms with Crippen LogP contribution < -0.4 is 10.6 Å². The summed E-state index contributed by atoms with van der Waals surface area (Å²) in [5.74, 6) is -3.57. The van der Waals surface area contributed by atoms with Crippen molar-refractivity contribution in [3.63, 3.8) is 0 Å². The Morgan fingerprint density at radius 1 is 0.949 bits per heavy atom. The third kappa shape index (κ3) is 5.52. The highest BCUT2D eigenvalue weighted by molar-refractivity contribution is 6.45. The minimum atomic E-state index is -2.04. The molecule has 0 radical (unpaired) electrons. The van der Waals surface area contributed by atoms with Gasteiger partial charge in [-0.05, 0) is 25.1 Å². The largest absolute Gasteiger partial charge is 0.380 e. The Hall–Kier alpha value is -4.55. The Balaban J connectivity index is 1.47. The van der Waals surface area contributed by atoms with Crippen LogP contribution in [0.1, 0.15) is 27.6 Å². The van der Waals surface area contributed by atoms with Crippen LogP contribution in [0.3, 0.4) is 0 Å². The van der Waals surface area contributed by atoms with Crippen molar-refractivity contribution in [2.45, 2.75) is 25.2 Å². The number of aromatic nitrogens is 1. The van der Waals surface area contributed by atoms with Crippen LogP contribution in [0.25, 0.3) is 10.9 Å². The SMILES string of the molecule is CNC(=O)C(O)C(O)C(=O)Nc1cccc2c(C(=O)C(=O)N3CCN(C(=O)c4ccccc4)C[C@H]3C)c[nH]c12. The summed E-state index contributed by atoms with van der Waals surface area (Å²) in [6, 6.07) is 13.1. The van der Waals surface area contributed by atoms with E-state index in [1.807, 2.05) is 6.07 Å². The van der Waals surface area contributed by atoms with E-state index < -0.39 is 41.8 Å². The second-order valence-electron chi connectivity index (χ2n) is 9.22. The number of para-hydroxylation sites is 1. The molecule has 3 atom stereocenters. The lowest BCUT2D eigenvalue weighted by atomic mass is 10.1. The van der Waals surface area contributed by atoms with Gasteiger partial charge in [0.2, 0.25) is 0 Å². The van der Waals surface area contributed by atoms with E-state index >= 15 is 0 Å². The molecule has 204 valence electrons. The van der Waals surface area contributed by atoms with Crippen molar-refractivity contribution < 1.29 is 34.2 Å². The second-order valence-corrected chi connectivity index (χ2v) is 9.22. The summed E-state index contributed by atoms with van der Waals surface area (Å²) in [6.07, 6.45) is -2.65. The molecule has 5 N–H and O–H groups in total. The van der Waals surface area contributed by atoms with Crippen molar-refractivity contribution in [3.05, 3.63) is 65.9 Å². The van der Waals surface area contributed by atoms with Crippen molar-refractivity contribution in [2.75, 3.05) is 32.0 Å². The van der Waals surface area contributed by atoms with E-state index in [1.54, 1.807) is 48.2 Å². The third-order valence-corrected chi connectivity index (χ3v) is 6.69. The van der Waals surface area contributed by atoms with Crippen LogP contribution in [-0.4, -0.2) is 99.3 Å². The maximum Gasteiger partial charge on any atom is 0.295 e. The molecule has 0 aliphatic carbocycles. The Labute approximate surface area is 223 Å². The topological polar surface area (TPSA) is 172 Å². The minimum absolute atomic E-state index is 0.0898. The molecule has 0 bridgehead atoms. The van der Waals surface area contributed by atoms with Gasteiger partial charge in [0, 0.05) is 49.9 Å². The highest BCUT2D eigenvalue weighted by atomic mass is 16.3. The predicted molar refractivity (Wildman–Crippen MR) is 141 cm³/mol. The molecule has 1 aliphatic rings. The number of anilines is 1. The summed E-state index contributed by atoms with van der Waals surface area (Å²) in [5.41, 5.74) is 1.13. The lowest BCUT2D eigenvalue weighted by Crippen LogP contribution is -2.56. The first-order valence-corrected chi connectivity index (χ1v) is 12.3. The van der Waals surface area contributed by atoms with Gasteiger partial charge in [0.1, 0.15) is 0 Å². The Morgan fingerprint density at radius 3 is 2.31 bits per heavy atom. The van der Waals surface area contributed by atoms with Crippen LogP contribution >= 0.6 is 0 Å². The molecule has 0 saturated carbocycles. The minimum Gasteiger partial charge on any atom is -0.380 e. The lowest BCUT2D eigenvalue weighted by molar-refractivity contribution is -0.142. The molecule has 2 unspecified atom stereocenters. The van der Waals surface area contributed by atoms with Gasteiger partial charge in [-0.2, -0.15) is 0 Å². The average Bonchev–Trinajstić information content (AvgIpc) is 3.40. The summed E-state index contributed by atoms with van der Waals surface area (Å²) < 4.78 is 0. The van der Waals surface area contributed by atoms with Crippen LogP contribution in [0.2, 0.25) is 0 Å². The average molecular weight is 536 g/mol. The summed E-state index contributed by atoms with van der Waals surface area (Å²) >= 11 is 0. The predicted octanol–water partition coefficient (Wildman–Crippen LogP) is 0.130. The monoisotopic (exact) mass is 535 g/mol. The second kappa shape index (κ2) is 11.5. The van der Waals surface area contributed by atoms with Gasteiger partial charge < -0.3 is 35.6 Å². The number of aliphatic hydroxyl groups is 2. The molecular formula is C27H29N5O7. The van der Waals surface area contributed by atoms with Gasteiger partial charge in [-0.3, -0.25) is 24.0 Å². The molecular weight excluding hydrogens is 506 g/mol. The van der Waals surface area contributed by atoms with Crippen LogP contribution in [0.15, 0.2) is 54.7 Å². The number of H-pyrrole nitrogens is 1. The summed E-state index contributed by atoms with van der Waals surface area (Å²) in [5, 5.41) is 24.7. The molecule has 2 heterocycles. The molecule has 2 aromatic carbocycles. The van der Waals surface area contributed by atoms with Gasteiger partial charge in [-0.25, -0.2) is 0 Å². The number of nitrogens with zero attached hydrogens (tertiary/aromatic N) is 2. The molecule has 4 rings (SSSR count). The number of likely N-dealkylation sites (N-methyl/N-ethyl adjacent to an activating group) is 1. The standard InChI is InChI=1S/C27H29N5O7/c1-15-14-31(26(38)16-7-4-3-5-8-16)11-12-32(15)27(39)21(33)18-13-29-20-17(18)9-6-10-19(20)30-25(37)23(35)22(34)24(36)28-2/h3-10,13,15,22-23,29,34-35H,11-12,14H2,1-2H3,(H,28,36)(H,30,37)/t15-,22?,23?/m1/s1. The molecule has 12 heteroatoms. The summed E-state index contributed by atoms with van der Waals surface area (Å²) in [4.78, 5) is 69.2. The number of nitrogens with one attached hydrogen (secondary N) is 3. The number of hydrogen-bond acceptors (Lipinski definition) is 7. The molecule has 39 heavy (non-hydrogen) atoms. The molecule has 1 saturated heterocycles. The van der Waals surface area contributed by atoms with Crippen molar-refractivity contribution in [1.82, 2.24) is 20.1 Å². The van der Waals surface area contributed by atoms with E-state index in [9.17, 15) is 34.2 Å². The van der Waals surface area contributed by atoms with Crippen LogP contribution in [-0.2, 0) is 14.4 Å². The zero-order valence-electron chi connectivity index (χ0n) is 21.4. The van der Waals surface area contributed by atoms with E-state index in [0.29, 0.717) is 16.5 Å². The number of fused-ring (bicyclic) bond motifs is 1. The summed E-state index contributed by atoms with van der Waals surface area (Å²) in [6.45, 7) is 2.53. The maximum absolute atomic E-state index is 13.2. The normalized spacial score (nSPS) is 16.9. The van der Waals surface area contributed by atoms with Gasteiger partial charge in [0.25, 0.3) is 29.4 Å². The number of ketones is 1. The molecule has 3 aromatic rings. The molecule has 1 aromatic heterocycles. The van der Waals surface area contributed by atoms with Gasteiger partial charge in [0.05, 0.1) is 16.8 Å². The maximum atomic E-state index is 13.2. The van der Waals surface area contributed by atoms with Gasteiger partial charge >= 0.3 is 0 Å². The van der Waals surface area contributed by atoms with Gasteiger partial charge in [0.15, 0.2) is 12.2 Å². The number of carbonyl (C=O) groups is 5. The van der Waals surface area contributed by atoms with Crippen molar-refractivity contribution >= 4 is 46.0 Å². The van der Waals surface area contributed by atoms with Crippen LogP contribution in [0, 0.1) is 0 Å². The van der Waals surface area contributed by atoms with Gasteiger partial charge in [-0.15, -0.1) is 0 Å². The molecule has 12 nitrogen and oxygen atoms in total. The zero-order valence-corrected chi connectivity index (χ0v) is 21.4. The highest BCUT2D eigenvalue weighted by Crippen LogP contribution is 2.27. The number of Topliss-reactive ketones (excluding diaryl/α,β-unsaturated/α-hetero) is 1. The smallest absolute Gasteiger partial charge is 0.295 e. The van der Waals surface area contributed by atoms with E-state index in [1.165, 1.54) is 24.2 Å². The highest BCUT2D eigenvalue weighted by Gasteiger charge is 2.35. The first-order chi connectivity index (χ1) is 18.6. The number of amides is 4. The number of rotatable bonds is 7. The lowest BCUT2D eigenvalue weighted by Gasteiger charge is -2.39. The third-order valence-electron chi connectivity index (χ3n) is 6.69. The molecule has 0 spiro atoms. The first kappa shape index (κ1) is 27.5. The van der Waals surface area contributed by atoms with Crippen molar-refractivity contribution in [1.29, 1.82) is 0 Å². The number of piperazine rings is 1. The fourth-order valence-corrected chi connectivity index (χ4v) is 4.54. The fraction of sp³-hybridized carbons (Fsp3) is 0.296. The van der Waals surface area contributed by atoms with E-state index in [-0.39, 0.29) is 36.8 Å². The summed E-state index contributed by atoms with van der Waals surface area (Å²) in [7, 11) is 1.25. The zero-order chi connectivity index (χ0) is 28.3. The molecule has 1 fully saturated rings. The first-order valence-electron chi connectivity index (χ1n) is 12.3. The number of aromatic amines is 1. The molecule has 1 aliphatic heterocycles. The fourth-order valence-electron chi connectivity index (χ4n) is 4.54. The number of aliphatic hydroxyl groups excluding tert-OH is 2.